The molecule has 94 valence electrons. The van der Waals surface area contributed by atoms with Gasteiger partial charge >= 0.3 is 0 Å². The van der Waals surface area contributed by atoms with Crippen LogP contribution in [0.1, 0.15) is 10.4 Å². The van der Waals surface area contributed by atoms with E-state index in [9.17, 15) is 9.18 Å². The van der Waals surface area contributed by atoms with Crippen LogP contribution in [0.15, 0.2) is 53.6 Å². The fourth-order valence-electron chi connectivity index (χ4n) is 1.50. The van der Waals surface area contributed by atoms with Crippen molar-refractivity contribution in [1.82, 2.24) is 0 Å². The first-order valence-electron chi connectivity index (χ1n) is 5.41. The average molecular weight is 256 g/mol. The molecule has 0 fully saturated rings. The molecule has 2 aromatic carbocycles. The molecule has 1 N–H and O–H groups in total. The minimum Gasteiger partial charge on any atom is -0.322 e. The second-order valence-electron chi connectivity index (χ2n) is 3.70. The van der Waals surface area contributed by atoms with E-state index in [4.69, 9.17) is 5.53 Å². The summed E-state index contributed by atoms with van der Waals surface area (Å²) in [5, 5.41) is 6.03. The van der Waals surface area contributed by atoms with Gasteiger partial charge < -0.3 is 5.32 Å². The number of carbonyl (C=O) groups excluding carboxylic acids is 1. The van der Waals surface area contributed by atoms with Crippen LogP contribution >= 0.6 is 0 Å². The highest BCUT2D eigenvalue weighted by molar-refractivity contribution is 6.04. The third-order valence-electron chi connectivity index (χ3n) is 2.37. The highest BCUT2D eigenvalue weighted by Gasteiger charge is 2.06. The van der Waals surface area contributed by atoms with E-state index in [0.29, 0.717) is 16.9 Å². The van der Waals surface area contributed by atoms with Crippen LogP contribution in [0, 0.1) is 5.82 Å². The quantitative estimate of drug-likeness (QED) is 0.502. The third kappa shape index (κ3) is 3.31. The Morgan fingerprint density at radius 2 is 1.95 bits per heavy atom. The summed E-state index contributed by atoms with van der Waals surface area (Å²) in [4.78, 5) is 14.6. The number of halogens is 1. The summed E-state index contributed by atoms with van der Waals surface area (Å²) in [5.41, 5.74) is 9.53. The van der Waals surface area contributed by atoms with Crippen molar-refractivity contribution in [3.63, 3.8) is 0 Å². The number of azide groups is 1. The Balaban J connectivity index is 2.17. The fourth-order valence-corrected chi connectivity index (χ4v) is 1.50. The van der Waals surface area contributed by atoms with Crippen molar-refractivity contribution in [2.75, 3.05) is 5.32 Å². The molecule has 0 saturated carbocycles. The predicted octanol–water partition coefficient (Wildman–Crippen LogP) is 4.02. The molecule has 0 unspecified atom stereocenters. The van der Waals surface area contributed by atoms with Crippen LogP contribution in [-0.2, 0) is 0 Å². The van der Waals surface area contributed by atoms with Gasteiger partial charge in [0.25, 0.3) is 5.91 Å². The van der Waals surface area contributed by atoms with E-state index in [1.165, 1.54) is 30.3 Å². The monoisotopic (exact) mass is 256 g/mol. The van der Waals surface area contributed by atoms with Gasteiger partial charge in [-0.05, 0) is 41.9 Å². The summed E-state index contributed by atoms with van der Waals surface area (Å²) in [6.45, 7) is 0. The molecular weight excluding hydrogens is 247 g/mol. The minimum atomic E-state index is -0.372. The van der Waals surface area contributed by atoms with Crippen molar-refractivity contribution in [1.29, 1.82) is 0 Å². The molecule has 0 bridgehead atoms. The van der Waals surface area contributed by atoms with Crippen molar-refractivity contribution < 1.29 is 9.18 Å². The van der Waals surface area contributed by atoms with Crippen LogP contribution in [0.5, 0.6) is 0 Å². The number of amides is 1. The Labute approximate surface area is 108 Å². The maximum Gasteiger partial charge on any atom is 0.255 e. The first-order chi connectivity index (χ1) is 9.19. The van der Waals surface area contributed by atoms with Crippen molar-refractivity contribution in [3.8, 4) is 0 Å². The lowest BCUT2D eigenvalue weighted by Gasteiger charge is -2.05. The van der Waals surface area contributed by atoms with Crippen molar-refractivity contribution >= 4 is 17.3 Å². The smallest absolute Gasteiger partial charge is 0.255 e. The van der Waals surface area contributed by atoms with Gasteiger partial charge in [-0.15, -0.1) is 0 Å². The molecule has 2 rings (SSSR count). The Morgan fingerprint density at radius 3 is 2.63 bits per heavy atom. The van der Waals surface area contributed by atoms with Gasteiger partial charge in [-0.1, -0.05) is 17.2 Å². The Morgan fingerprint density at radius 1 is 1.21 bits per heavy atom. The first-order valence-corrected chi connectivity index (χ1v) is 5.41. The Bertz CT molecular complexity index is 648. The number of hydrogen-bond acceptors (Lipinski definition) is 2. The Hall–Kier alpha value is -2.85. The van der Waals surface area contributed by atoms with Gasteiger partial charge in [0, 0.05) is 21.8 Å². The lowest BCUT2D eigenvalue weighted by atomic mass is 10.2. The number of nitrogens with zero attached hydrogens (tertiary/aromatic N) is 3. The molecule has 0 aliphatic rings. The van der Waals surface area contributed by atoms with Gasteiger partial charge in [0.1, 0.15) is 5.82 Å². The zero-order chi connectivity index (χ0) is 13.7. The lowest BCUT2D eigenvalue weighted by molar-refractivity contribution is 0.102. The van der Waals surface area contributed by atoms with Crippen molar-refractivity contribution in [2.24, 2.45) is 5.11 Å². The molecule has 5 nitrogen and oxygen atoms in total. The first kappa shape index (κ1) is 12.6. The molecule has 1 amide bonds. The number of carbonyl (C=O) groups is 1. The molecule has 0 atom stereocenters. The molecule has 6 heteroatoms. The van der Waals surface area contributed by atoms with Gasteiger partial charge in [0.15, 0.2) is 0 Å². The second-order valence-corrected chi connectivity index (χ2v) is 3.70. The molecular formula is C13H9FN4O. The van der Waals surface area contributed by atoms with Gasteiger partial charge in [0.05, 0.1) is 0 Å². The molecule has 0 aliphatic carbocycles. The Kier molecular flexibility index (Phi) is 3.75. The van der Waals surface area contributed by atoms with Gasteiger partial charge in [-0.3, -0.25) is 4.79 Å². The van der Waals surface area contributed by atoms with E-state index in [1.54, 1.807) is 18.2 Å². The molecule has 19 heavy (non-hydrogen) atoms. The SMILES string of the molecule is [N-]=[N+]=Nc1cccc(C(=O)Nc2ccc(F)cc2)c1. The van der Waals surface area contributed by atoms with Crippen molar-refractivity contribution in [3.05, 3.63) is 70.4 Å². The van der Waals surface area contributed by atoms with E-state index in [1.807, 2.05) is 0 Å². The minimum absolute atomic E-state index is 0.356. The van der Waals surface area contributed by atoms with Gasteiger partial charge in [0.2, 0.25) is 0 Å². The van der Waals surface area contributed by atoms with Gasteiger partial charge in [-0.25, -0.2) is 4.39 Å². The number of benzene rings is 2. The highest BCUT2D eigenvalue weighted by Crippen LogP contribution is 2.16. The topological polar surface area (TPSA) is 77.9 Å². The molecule has 0 heterocycles. The van der Waals surface area contributed by atoms with E-state index in [2.05, 4.69) is 15.3 Å². The summed E-state index contributed by atoms with van der Waals surface area (Å²) in [5.74, 6) is -0.732. The molecule has 2 aromatic rings. The molecule has 0 aliphatic heterocycles. The predicted molar refractivity (Wildman–Crippen MR) is 69.6 cm³/mol. The van der Waals surface area contributed by atoms with E-state index in [0.717, 1.165) is 0 Å². The van der Waals surface area contributed by atoms with Crippen LogP contribution in [0.3, 0.4) is 0 Å². The average Bonchev–Trinajstić information content (AvgIpc) is 2.42. The second kappa shape index (κ2) is 5.66. The van der Waals surface area contributed by atoms with E-state index >= 15 is 0 Å². The summed E-state index contributed by atoms with van der Waals surface area (Å²) in [6, 6.07) is 11.7. The lowest BCUT2D eigenvalue weighted by Crippen LogP contribution is -2.11. The number of hydrogen-bond donors (Lipinski definition) is 1. The number of anilines is 1. The van der Waals surface area contributed by atoms with E-state index < -0.39 is 0 Å². The van der Waals surface area contributed by atoms with Crippen LogP contribution in [0.4, 0.5) is 15.8 Å². The van der Waals surface area contributed by atoms with Crippen LogP contribution < -0.4 is 5.32 Å². The number of nitrogens with one attached hydrogen (secondary N) is 1. The summed E-state index contributed by atoms with van der Waals surface area (Å²) < 4.78 is 12.7. The largest absolute Gasteiger partial charge is 0.322 e. The number of rotatable bonds is 3. The van der Waals surface area contributed by atoms with E-state index in [-0.39, 0.29) is 11.7 Å². The summed E-state index contributed by atoms with van der Waals surface area (Å²) in [6.07, 6.45) is 0. The van der Waals surface area contributed by atoms with Crippen molar-refractivity contribution in [2.45, 2.75) is 0 Å². The standard InChI is InChI=1S/C13H9FN4O/c14-10-4-6-11(7-5-10)16-13(19)9-2-1-3-12(8-9)17-18-15/h1-8H,(H,16,19). The van der Waals surface area contributed by atoms with Gasteiger partial charge in [-0.2, -0.15) is 0 Å². The molecule has 0 saturated heterocycles. The zero-order valence-electron chi connectivity index (χ0n) is 9.75. The summed E-state index contributed by atoms with van der Waals surface area (Å²) in [7, 11) is 0. The van der Waals surface area contributed by atoms with Crippen LogP contribution in [0.25, 0.3) is 10.4 Å². The molecule has 0 spiro atoms. The normalized spacial score (nSPS) is 9.53. The van der Waals surface area contributed by atoms with Crippen LogP contribution in [-0.4, -0.2) is 5.91 Å². The maximum atomic E-state index is 12.7. The highest BCUT2D eigenvalue weighted by atomic mass is 19.1. The zero-order valence-corrected chi connectivity index (χ0v) is 9.75. The molecule has 0 radical (unpaired) electrons. The molecule has 0 aromatic heterocycles. The maximum absolute atomic E-state index is 12.7. The fraction of sp³-hybridized carbons (Fsp3) is 0. The third-order valence-corrected chi connectivity index (χ3v) is 2.37. The summed E-state index contributed by atoms with van der Waals surface area (Å²) >= 11 is 0. The van der Waals surface area contributed by atoms with Crippen LogP contribution in [0.2, 0.25) is 0 Å².